The Morgan fingerprint density at radius 3 is 2.63 bits per heavy atom. The van der Waals surface area contributed by atoms with Crippen molar-refractivity contribution in [2.45, 2.75) is 58.8 Å². The van der Waals surface area contributed by atoms with Gasteiger partial charge in [-0.05, 0) is 92.1 Å². The van der Waals surface area contributed by atoms with E-state index in [1.165, 1.54) is 13.2 Å². The number of halogens is 2. The van der Waals surface area contributed by atoms with Gasteiger partial charge in [0.25, 0.3) is 0 Å². The van der Waals surface area contributed by atoms with Gasteiger partial charge in [-0.3, -0.25) is 9.36 Å². The standard InChI is InChI=1S/C40H43ClFN5O5/c1-23-35-32-13-12-31(41)37(35)36-24(2)45(3)44-38(36)33(14-17-49-5)52-22-28-21-29(46(4)43-28)10-8-25-18-26-20-27(42)9-11-30(26)34(19-25)51-16-7-15-47(32)39(23)40(48)50-6/h9,11-13,18-21,33H,7-8,10,14-17,22H2,1-6H3. The predicted molar refractivity (Wildman–Crippen MR) is 199 cm³/mol. The molecular formula is C40H43ClFN5O5. The Labute approximate surface area is 307 Å². The Balaban J connectivity index is 1.40. The van der Waals surface area contributed by atoms with Gasteiger partial charge in [-0.2, -0.15) is 10.2 Å². The van der Waals surface area contributed by atoms with Crippen LogP contribution in [0.2, 0.25) is 5.02 Å². The third-order valence-corrected chi connectivity index (χ3v) is 10.5. The van der Waals surface area contributed by atoms with E-state index in [1.807, 2.05) is 66.1 Å². The number of benzene rings is 3. The number of aromatic nitrogens is 5. The van der Waals surface area contributed by atoms with Crippen LogP contribution in [0, 0.1) is 19.7 Å². The fraction of sp³-hybridized carbons (Fsp3) is 0.375. The summed E-state index contributed by atoms with van der Waals surface area (Å²) in [5.41, 5.74) is 8.20. The molecule has 272 valence electrons. The third-order valence-electron chi connectivity index (χ3n) is 10.2. The average molecular weight is 728 g/mol. The first-order chi connectivity index (χ1) is 25.1. The highest BCUT2D eigenvalue weighted by atomic mass is 35.5. The number of carbonyl (C=O) groups is 1. The number of rotatable bonds is 4. The van der Waals surface area contributed by atoms with Crippen molar-refractivity contribution in [2.24, 2.45) is 14.1 Å². The summed E-state index contributed by atoms with van der Waals surface area (Å²) in [6, 6.07) is 14.7. The number of carbonyl (C=O) groups excluding carboxylic acids is 1. The Kier molecular flexibility index (Phi) is 10.1. The molecule has 0 fully saturated rings. The monoisotopic (exact) mass is 727 g/mol. The van der Waals surface area contributed by atoms with Crippen molar-refractivity contribution in [1.82, 2.24) is 24.1 Å². The highest BCUT2D eigenvalue weighted by Gasteiger charge is 2.30. The van der Waals surface area contributed by atoms with E-state index in [1.54, 1.807) is 19.2 Å². The van der Waals surface area contributed by atoms with Gasteiger partial charge < -0.3 is 23.5 Å². The summed E-state index contributed by atoms with van der Waals surface area (Å²) in [7, 11) is 6.90. The SMILES string of the molecule is COCCC1OCc2cc(n(C)n2)CCc2cc(c3ccc(F)cc3c2)OCCCn2c(C(=O)OC)c(C)c3c(c(Cl)ccc32)-c2c1nn(C)c2C. The molecule has 10 nitrogen and oxygen atoms in total. The van der Waals surface area contributed by atoms with Crippen LogP contribution in [-0.4, -0.2) is 57.5 Å². The predicted octanol–water partition coefficient (Wildman–Crippen LogP) is 7.99. The number of methoxy groups -OCH3 is 2. The fourth-order valence-electron chi connectivity index (χ4n) is 7.51. The van der Waals surface area contributed by atoms with E-state index in [2.05, 4.69) is 6.07 Å². The smallest absolute Gasteiger partial charge is 0.354 e. The number of hydrogen-bond acceptors (Lipinski definition) is 7. The molecule has 4 heterocycles. The Morgan fingerprint density at radius 1 is 1.02 bits per heavy atom. The number of ether oxygens (including phenoxy) is 4. The molecule has 0 amide bonds. The van der Waals surface area contributed by atoms with Crippen LogP contribution in [0.1, 0.15) is 63.3 Å². The number of aryl methyl sites for hydroxylation is 6. The number of hydrogen-bond donors (Lipinski definition) is 0. The molecule has 1 aliphatic rings. The molecule has 1 unspecified atom stereocenters. The maximum atomic E-state index is 14.4. The average Bonchev–Trinajstić information content (AvgIpc) is 3.73. The second-order valence-electron chi connectivity index (χ2n) is 13.4. The molecule has 0 N–H and O–H groups in total. The van der Waals surface area contributed by atoms with Crippen molar-refractivity contribution in [3.63, 3.8) is 0 Å². The Morgan fingerprint density at radius 2 is 1.85 bits per heavy atom. The zero-order valence-corrected chi connectivity index (χ0v) is 31.1. The number of nitrogens with zero attached hydrogens (tertiary/aromatic N) is 5. The van der Waals surface area contributed by atoms with Gasteiger partial charge in [0, 0.05) is 84.6 Å². The Bertz CT molecular complexity index is 2310. The van der Waals surface area contributed by atoms with Crippen LogP contribution in [0.3, 0.4) is 0 Å². The molecule has 0 saturated heterocycles. The first kappa shape index (κ1) is 35.7. The second kappa shape index (κ2) is 14.7. The molecule has 12 heteroatoms. The Hall–Kier alpha value is -4.71. The number of fused-ring (bicyclic) bond motifs is 8. The van der Waals surface area contributed by atoms with Crippen LogP contribution in [-0.2, 0) is 54.3 Å². The lowest BCUT2D eigenvalue weighted by atomic mass is 9.94. The molecule has 8 bridgehead atoms. The van der Waals surface area contributed by atoms with Crippen molar-refractivity contribution in [2.75, 3.05) is 27.4 Å². The molecule has 3 aromatic carbocycles. The molecule has 1 atom stereocenters. The fourth-order valence-corrected chi connectivity index (χ4v) is 7.76. The quantitative estimate of drug-likeness (QED) is 0.170. The summed E-state index contributed by atoms with van der Waals surface area (Å²) in [6.45, 7) is 5.49. The van der Waals surface area contributed by atoms with E-state index >= 15 is 0 Å². The molecule has 6 aromatic rings. The van der Waals surface area contributed by atoms with Gasteiger partial charge in [-0.1, -0.05) is 17.7 Å². The van der Waals surface area contributed by atoms with Gasteiger partial charge in [0.1, 0.15) is 23.4 Å². The van der Waals surface area contributed by atoms with Crippen molar-refractivity contribution < 1.29 is 28.1 Å². The van der Waals surface area contributed by atoms with Crippen molar-refractivity contribution >= 4 is 39.2 Å². The normalized spacial score (nSPS) is 15.4. The first-order valence-electron chi connectivity index (χ1n) is 17.5. The minimum absolute atomic E-state index is 0.254. The lowest BCUT2D eigenvalue weighted by Gasteiger charge is -2.18. The summed E-state index contributed by atoms with van der Waals surface area (Å²) in [5, 5.41) is 12.8. The van der Waals surface area contributed by atoms with Crippen LogP contribution in [0.15, 0.2) is 48.5 Å². The van der Waals surface area contributed by atoms with Crippen molar-refractivity contribution in [1.29, 1.82) is 0 Å². The molecule has 7 rings (SSSR count). The minimum atomic E-state index is -0.447. The van der Waals surface area contributed by atoms with Gasteiger partial charge in [0.05, 0.1) is 31.7 Å². The number of esters is 1. The lowest BCUT2D eigenvalue weighted by Crippen LogP contribution is -2.13. The van der Waals surface area contributed by atoms with Crippen molar-refractivity contribution in [3.05, 3.63) is 99.0 Å². The minimum Gasteiger partial charge on any atom is -0.493 e. The summed E-state index contributed by atoms with van der Waals surface area (Å²) in [4.78, 5) is 13.5. The summed E-state index contributed by atoms with van der Waals surface area (Å²) in [6.07, 6.45) is 2.10. The third kappa shape index (κ3) is 6.57. The van der Waals surface area contributed by atoms with Gasteiger partial charge >= 0.3 is 5.97 Å². The van der Waals surface area contributed by atoms with Gasteiger partial charge in [0.2, 0.25) is 0 Å². The second-order valence-corrected chi connectivity index (χ2v) is 13.8. The molecule has 0 spiro atoms. The van der Waals surface area contributed by atoms with E-state index in [9.17, 15) is 9.18 Å². The first-order valence-corrected chi connectivity index (χ1v) is 17.9. The van der Waals surface area contributed by atoms with Crippen LogP contribution >= 0.6 is 11.6 Å². The largest absolute Gasteiger partial charge is 0.493 e. The van der Waals surface area contributed by atoms with E-state index in [0.717, 1.165) is 66.7 Å². The van der Waals surface area contributed by atoms with E-state index in [-0.39, 0.29) is 12.4 Å². The topological polar surface area (TPSA) is 94.6 Å². The molecule has 0 saturated carbocycles. The lowest BCUT2D eigenvalue weighted by molar-refractivity contribution is 0.0130. The molecule has 3 aromatic heterocycles. The van der Waals surface area contributed by atoms with Gasteiger partial charge in [-0.25, -0.2) is 9.18 Å². The highest BCUT2D eigenvalue weighted by Crippen LogP contribution is 2.44. The summed E-state index contributed by atoms with van der Waals surface area (Å²) < 4.78 is 44.1. The van der Waals surface area contributed by atoms with Crippen LogP contribution in [0.4, 0.5) is 4.39 Å². The molecule has 1 aliphatic heterocycles. The molecular weight excluding hydrogens is 685 g/mol. The maximum Gasteiger partial charge on any atom is 0.354 e. The van der Waals surface area contributed by atoms with E-state index < -0.39 is 12.1 Å². The van der Waals surface area contributed by atoms with Gasteiger partial charge in [-0.15, -0.1) is 0 Å². The molecule has 52 heavy (non-hydrogen) atoms. The van der Waals surface area contributed by atoms with Crippen molar-refractivity contribution in [3.8, 4) is 16.9 Å². The molecule has 0 aliphatic carbocycles. The van der Waals surface area contributed by atoms with Crippen LogP contribution in [0.25, 0.3) is 32.8 Å². The van der Waals surface area contributed by atoms with Gasteiger partial charge in [0.15, 0.2) is 0 Å². The maximum absolute atomic E-state index is 14.4. The summed E-state index contributed by atoms with van der Waals surface area (Å²) in [5.74, 6) is -0.0496. The van der Waals surface area contributed by atoms with Crippen LogP contribution < -0.4 is 4.74 Å². The zero-order chi connectivity index (χ0) is 36.7. The van der Waals surface area contributed by atoms with E-state index in [0.29, 0.717) is 61.9 Å². The summed E-state index contributed by atoms with van der Waals surface area (Å²) >= 11 is 7.13. The molecule has 0 radical (unpaired) electrons. The zero-order valence-electron chi connectivity index (χ0n) is 30.4. The van der Waals surface area contributed by atoms with Crippen LogP contribution in [0.5, 0.6) is 5.75 Å². The van der Waals surface area contributed by atoms with E-state index in [4.69, 9.17) is 40.7 Å². The highest BCUT2D eigenvalue weighted by molar-refractivity contribution is 6.35.